The molecule has 130 valence electrons. The summed E-state index contributed by atoms with van der Waals surface area (Å²) in [5.74, 6) is -0.0599. The van der Waals surface area contributed by atoms with Crippen molar-refractivity contribution in [3.63, 3.8) is 0 Å². The highest BCUT2D eigenvalue weighted by atomic mass is 35.5. The van der Waals surface area contributed by atoms with Gasteiger partial charge in [0.15, 0.2) is 0 Å². The van der Waals surface area contributed by atoms with Crippen LogP contribution in [0.3, 0.4) is 0 Å². The van der Waals surface area contributed by atoms with E-state index in [2.05, 4.69) is 4.72 Å². The van der Waals surface area contributed by atoms with Gasteiger partial charge in [-0.1, -0.05) is 17.7 Å². The van der Waals surface area contributed by atoms with Gasteiger partial charge in [-0.3, -0.25) is 9.52 Å². The number of rotatable bonds is 6. The summed E-state index contributed by atoms with van der Waals surface area (Å²) in [4.78, 5) is 13.8. The van der Waals surface area contributed by atoms with Gasteiger partial charge in [-0.25, -0.2) is 8.42 Å². The van der Waals surface area contributed by atoms with E-state index in [9.17, 15) is 13.2 Å². The third-order valence-corrected chi connectivity index (χ3v) is 6.45. The summed E-state index contributed by atoms with van der Waals surface area (Å²) in [6.07, 6.45) is 0.153. The Morgan fingerprint density at radius 3 is 2.71 bits per heavy atom. The number of sulfonamides is 1. The Hall–Kier alpha value is -1.57. The topological polar surface area (TPSA) is 66.5 Å². The van der Waals surface area contributed by atoms with Gasteiger partial charge in [-0.15, -0.1) is 11.3 Å². The monoisotopic (exact) mass is 386 g/mol. The second-order valence-electron chi connectivity index (χ2n) is 5.36. The van der Waals surface area contributed by atoms with Gasteiger partial charge in [0.05, 0.1) is 17.0 Å². The zero-order valence-electron chi connectivity index (χ0n) is 13.7. The molecule has 0 saturated carbocycles. The summed E-state index contributed by atoms with van der Waals surface area (Å²) in [7, 11) is -2.06. The quantitative estimate of drug-likeness (QED) is 0.825. The molecule has 1 N–H and O–H groups in total. The molecule has 2 rings (SSSR count). The van der Waals surface area contributed by atoms with Crippen molar-refractivity contribution in [3.05, 3.63) is 45.1 Å². The molecule has 1 aromatic carbocycles. The molecule has 0 fully saturated rings. The van der Waals surface area contributed by atoms with Gasteiger partial charge in [0.25, 0.3) is 10.0 Å². The number of carbonyl (C=O) groups excluding carboxylic acids is 1. The van der Waals surface area contributed by atoms with Crippen LogP contribution in [-0.2, 0) is 21.2 Å². The molecule has 1 aromatic heterocycles. The largest absolute Gasteiger partial charge is 0.346 e. The fraction of sp³-hybridized carbons (Fsp3) is 0.312. The molecular formula is C16H19ClN2O3S2. The third-order valence-electron chi connectivity index (χ3n) is 3.74. The van der Waals surface area contributed by atoms with Crippen molar-refractivity contribution in [2.24, 2.45) is 0 Å². The minimum atomic E-state index is -3.77. The lowest BCUT2D eigenvalue weighted by atomic mass is 10.2. The summed E-state index contributed by atoms with van der Waals surface area (Å²) in [6, 6.07) is 4.74. The first-order valence-electron chi connectivity index (χ1n) is 7.33. The number of likely N-dealkylation sites (N-methyl/N-ethyl adjacent to an activating group) is 1. The first-order valence-corrected chi connectivity index (χ1v) is 10.1. The maximum absolute atomic E-state index is 12.6. The molecule has 1 heterocycles. The van der Waals surface area contributed by atoms with Gasteiger partial charge in [0.1, 0.15) is 0 Å². The summed E-state index contributed by atoms with van der Waals surface area (Å²) < 4.78 is 27.8. The Morgan fingerprint density at radius 1 is 1.33 bits per heavy atom. The van der Waals surface area contributed by atoms with Gasteiger partial charge < -0.3 is 4.90 Å². The van der Waals surface area contributed by atoms with Crippen molar-refractivity contribution in [2.75, 3.05) is 18.3 Å². The van der Waals surface area contributed by atoms with Crippen LogP contribution < -0.4 is 4.72 Å². The minimum absolute atomic E-state index is 0.0599. The van der Waals surface area contributed by atoms with Crippen LogP contribution in [-0.4, -0.2) is 32.8 Å². The van der Waals surface area contributed by atoms with Crippen LogP contribution >= 0.6 is 22.9 Å². The SMILES string of the molecule is CCN(C)C(=O)Cc1cscc1NS(=O)(=O)c1cccc(Cl)c1C. The average molecular weight is 387 g/mol. The van der Waals surface area contributed by atoms with E-state index in [1.807, 2.05) is 6.92 Å². The van der Waals surface area contributed by atoms with E-state index in [1.54, 1.807) is 41.8 Å². The van der Waals surface area contributed by atoms with Crippen LogP contribution in [0.4, 0.5) is 5.69 Å². The zero-order valence-corrected chi connectivity index (χ0v) is 16.1. The van der Waals surface area contributed by atoms with Gasteiger partial charge in [-0.05, 0) is 42.5 Å². The lowest BCUT2D eigenvalue weighted by molar-refractivity contribution is -0.128. The number of amides is 1. The van der Waals surface area contributed by atoms with E-state index < -0.39 is 10.0 Å². The Labute approximate surface area is 151 Å². The second-order valence-corrected chi connectivity index (χ2v) is 8.17. The number of carbonyl (C=O) groups is 1. The summed E-state index contributed by atoms with van der Waals surface area (Å²) in [5.41, 5.74) is 1.58. The maximum Gasteiger partial charge on any atom is 0.262 e. The van der Waals surface area contributed by atoms with Crippen LogP contribution in [0.5, 0.6) is 0 Å². The molecule has 0 bridgehead atoms. The molecule has 2 aromatic rings. The number of nitrogens with one attached hydrogen (secondary N) is 1. The normalized spacial score (nSPS) is 11.3. The van der Waals surface area contributed by atoms with Crippen molar-refractivity contribution in [1.29, 1.82) is 0 Å². The molecule has 0 aliphatic heterocycles. The Bertz CT molecular complexity index is 847. The van der Waals surface area contributed by atoms with Crippen molar-refractivity contribution in [1.82, 2.24) is 4.90 Å². The van der Waals surface area contributed by atoms with E-state index >= 15 is 0 Å². The highest BCUT2D eigenvalue weighted by Crippen LogP contribution is 2.28. The second kappa shape index (κ2) is 7.55. The number of hydrogen-bond acceptors (Lipinski definition) is 4. The highest BCUT2D eigenvalue weighted by Gasteiger charge is 2.21. The number of hydrogen-bond donors (Lipinski definition) is 1. The lowest BCUT2D eigenvalue weighted by Crippen LogP contribution is -2.28. The number of nitrogens with zero attached hydrogens (tertiary/aromatic N) is 1. The molecule has 0 unspecified atom stereocenters. The van der Waals surface area contributed by atoms with Crippen molar-refractivity contribution in [2.45, 2.75) is 25.2 Å². The average Bonchev–Trinajstić information content (AvgIpc) is 2.95. The molecule has 1 amide bonds. The number of benzene rings is 1. The van der Waals surface area contributed by atoms with Crippen molar-refractivity contribution < 1.29 is 13.2 Å². The van der Waals surface area contributed by atoms with E-state index in [0.29, 0.717) is 28.4 Å². The fourth-order valence-electron chi connectivity index (χ4n) is 2.10. The summed E-state index contributed by atoms with van der Waals surface area (Å²) >= 11 is 7.36. The standard InChI is InChI=1S/C16H19ClN2O3S2/c1-4-19(3)16(20)8-12-9-23-10-14(12)18-24(21,22)15-7-5-6-13(17)11(15)2/h5-7,9-10,18H,4,8H2,1-3H3. The van der Waals surface area contributed by atoms with Crippen LogP contribution in [0, 0.1) is 6.92 Å². The molecule has 5 nitrogen and oxygen atoms in total. The predicted molar refractivity (Wildman–Crippen MR) is 98.3 cm³/mol. The van der Waals surface area contributed by atoms with Gasteiger partial charge >= 0.3 is 0 Å². The predicted octanol–water partition coefficient (Wildman–Crippen LogP) is 3.53. The van der Waals surface area contributed by atoms with E-state index in [4.69, 9.17) is 11.6 Å². The van der Waals surface area contributed by atoms with Crippen molar-refractivity contribution in [3.8, 4) is 0 Å². The van der Waals surface area contributed by atoms with Crippen LogP contribution in [0.2, 0.25) is 5.02 Å². The summed E-state index contributed by atoms with van der Waals surface area (Å²) in [5, 5.41) is 3.86. The van der Waals surface area contributed by atoms with E-state index in [1.165, 1.54) is 17.4 Å². The van der Waals surface area contributed by atoms with Gasteiger partial charge in [-0.2, -0.15) is 0 Å². The molecule has 0 saturated heterocycles. The van der Waals surface area contributed by atoms with Crippen LogP contribution in [0.15, 0.2) is 33.9 Å². The molecule has 0 aliphatic rings. The molecular weight excluding hydrogens is 368 g/mol. The molecule has 0 aliphatic carbocycles. The Morgan fingerprint density at radius 2 is 2.04 bits per heavy atom. The molecule has 0 radical (unpaired) electrons. The number of thiophene rings is 1. The maximum atomic E-state index is 12.6. The lowest BCUT2D eigenvalue weighted by Gasteiger charge is -2.15. The number of anilines is 1. The molecule has 0 atom stereocenters. The van der Waals surface area contributed by atoms with Crippen LogP contribution in [0.1, 0.15) is 18.1 Å². The van der Waals surface area contributed by atoms with E-state index in [0.717, 1.165) is 0 Å². The molecule has 24 heavy (non-hydrogen) atoms. The fourth-order valence-corrected chi connectivity index (χ4v) is 4.56. The third kappa shape index (κ3) is 4.09. The Kier molecular flexibility index (Phi) is 5.90. The minimum Gasteiger partial charge on any atom is -0.346 e. The molecule has 0 spiro atoms. The first-order chi connectivity index (χ1) is 11.3. The summed E-state index contributed by atoms with van der Waals surface area (Å²) in [6.45, 7) is 4.15. The van der Waals surface area contributed by atoms with Gasteiger partial charge in [0, 0.05) is 24.0 Å². The Balaban J connectivity index is 2.27. The zero-order chi connectivity index (χ0) is 17.9. The van der Waals surface area contributed by atoms with Crippen molar-refractivity contribution >= 4 is 44.6 Å². The van der Waals surface area contributed by atoms with Gasteiger partial charge in [0.2, 0.25) is 5.91 Å². The highest BCUT2D eigenvalue weighted by molar-refractivity contribution is 7.92. The van der Waals surface area contributed by atoms with Crippen LogP contribution in [0.25, 0.3) is 0 Å². The first kappa shape index (κ1) is 18.8. The smallest absolute Gasteiger partial charge is 0.262 e. The molecule has 8 heteroatoms. The van der Waals surface area contributed by atoms with E-state index in [-0.39, 0.29) is 17.2 Å². The number of halogens is 1.